The largest absolute Gasteiger partial charge is 0.472 e. The molecule has 222 valence electrons. The Hall–Kier alpha value is -2.92. The van der Waals surface area contributed by atoms with Crippen molar-refractivity contribution in [2.45, 2.75) is 109 Å². The molecule has 0 radical (unpaired) electrons. The van der Waals surface area contributed by atoms with Crippen LogP contribution in [0.2, 0.25) is 0 Å². The van der Waals surface area contributed by atoms with Gasteiger partial charge in [-0.25, -0.2) is 4.79 Å². The first-order valence-electron chi connectivity index (χ1n) is 13.8. The first kappa shape index (κ1) is 30.0. The summed E-state index contributed by atoms with van der Waals surface area (Å²) in [5.41, 5.74) is -5.48. The molecule has 1 saturated heterocycles. The third-order valence-corrected chi connectivity index (χ3v) is 9.19. The zero-order valence-electron chi connectivity index (χ0n) is 24.2. The van der Waals surface area contributed by atoms with Gasteiger partial charge in [0.05, 0.1) is 28.9 Å². The Morgan fingerprint density at radius 1 is 1.07 bits per heavy atom. The minimum absolute atomic E-state index is 0.127. The van der Waals surface area contributed by atoms with E-state index in [2.05, 4.69) is 0 Å². The van der Waals surface area contributed by atoms with Crippen LogP contribution in [0.3, 0.4) is 0 Å². The zero-order chi connectivity index (χ0) is 29.7. The second-order valence-electron chi connectivity index (χ2n) is 12.2. The monoisotopic (exact) mass is 564 g/mol. The lowest BCUT2D eigenvalue weighted by atomic mass is 9.47. The van der Waals surface area contributed by atoms with Crippen LogP contribution in [-0.2, 0) is 38.1 Å². The summed E-state index contributed by atoms with van der Waals surface area (Å²) in [7, 11) is 0. The molecular weight excluding hydrogens is 524 g/mol. The predicted octanol–water partition coefficient (Wildman–Crippen LogP) is 3.36. The van der Waals surface area contributed by atoms with E-state index in [0.717, 1.165) is 0 Å². The van der Waals surface area contributed by atoms with E-state index < -0.39 is 76.9 Å². The van der Waals surface area contributed by atoms with E-state index in [4.69, 9.17) is 28.1 Å². The first-order chi connectivity index (χ1) is 18.6. The van der Waals surface area contributed by atoms with Crippen LogP contribution in [0.25, 0.3) is 0 Å². The Balaban J connectivity index is 1.97. The van der Waals surface area contributed by atoms with Crippen LogP contribution in [0.15, 0.2) is 23.0 Å². The van der Waals surface area contributed by atoms with Crippen molar-refractivity contribution in [2.75, 3.05) is 6.61 Å². The summed E-state index contributed by atoms with van der Waals surface area (Å²) in [6.45, 7) is 10.9. The number of ether oxygens (including phenoxy) is 5. The SMILES string of the molecule is CC[C@@H](C)C(=O)O[C@H]1[C@@H](OC(C)=O)C[C@](C)(O)[C@@]23C[C@@H](C[C@H](OC(=O)c4ccoc4)[C@]12COC(C)=O)C(C)(C)O3. The Morgan fingerprint density at radius 3 is 2.35 bits per heavy atom. The van der Waals surface area contributed by atoms with Gasteiger partial charge in [0, 0.05) is 20.3 Å². The molecule has 1 N–H and O–H groups in total. The van der Waals surface area contributed by atoms with Crippen LogP contribution >= 0.6 is 0 Å². The van der Waals surface area contributed by atoms with E-state index in [-0.39, 0.29) is 24.3 Å². The van der Waals surface area contributed by atoms with E-state index in [9.17, 15) is 24.3 Å². The lowest BCUT2D eigenvalue weighted by Crippen LogP contribution is -2.79. The van der Waals surface area contributed by atoms with Gasteiger partial charge in [-0.3, -0.25) is 14.4 Å². The van der Waals surface area contributed by atoms with Crippen molar-refractivity contribution < 1.29 is 52.4 Å². The number of fused-ring (bicyclic) bond motifs is 1. The van der Waals surface area contributed by atoms with Gasteiger partial charge in [0.25, 0.3) is 0 Å². The van der Waals surface area contributed by atoms with Crippen LogP contribution in [0.4, 0.5) is 0 Å². The first-order valence-corrected chi connectivity index (χ1v) is 13.8. The summed E-state index contributed by atoms with van der Waals surface area (Å²) in [6, 6.07) is 1.45. The van der Waals surface area contributed by atoms with E-state index >= 15 is 0 Å². The van der Waals surface area contributed by atoms with E-state index in [1.54, 1.807) is 13.8 Å². The fourth-order valence-corrected chi connectivity index (χ4v) is 6.94. The second kappa shape index (κ2) is 10.5. The molecule has 2 aliphatic carbocycles. The topological polar surface area (TPSA) is 148 Å². The molecule has 1 spiro atoms. The number of carbonyl (C=O) groups is 4. The summed E-state index contributed by atoms with van der Waals surface area (Å²) in [6.07, 6.45) is -0.0232. The van der Waals surface area contributed by atoms with Gasteiger partial charge in [-0.15, -0.1) is 0 Å². The standard InChI is InChI=1S/C29H40O11/c1-8-16(2)24(32)39-23-21(37-18(4)31)13-27(7,34)29-12-20(26(5,6)40-29)11-22(28(23,29)15-36-17(3)30)38-25(33)19-9-10-35-14-19/h9-10,14,16,20-23,34H,8,11-13,15H2,1-7H3/t16-,20-,21+,22+,23+,27+,28-,29+/m1/s1. The predicted molar refractivity (Wildman–Crippen MR) is 138 cm³/mol. The van der Waals surface area contributed by atoms with Crippen molar-refractivity contribution >= 4 is 23.9 Å². The summed E-state index contributed by atoms with van der Waals surface area (Å²) >= 11 is 0. The van der Waals surface area contributed by atoms with Crippen LogP contribution in [0.5, 0.6) is 0 Å². The summed E-state index contributed by atoms with van der Waals surface area (Å²) in [5, 5.41) is 12.2. The molecule has 1 aliphatic heterocycles. The lowest BCUT2D eigenvalue weighted by Gasteiger charge is -2.64. The molecule has 40 heavy (non-hydrogen) atoms. The Labute approximate surface area is 233 Å². The maximum atomic E-state index is 13.3. The van der Waals surface area contributed by atoms with Crippen LogP contribution in [0.1, 0.15) is 84.5 Å². The van der Waals surface area contributed by atoms with Gasteiger partial charge in [-0.05, 0) is 52.0 Å². The molecule has 0 aromatic carbocycles. The zero-order valence-corrected chi connectivity index (χ0v) is 24.2. The number of rotatable bonds is 8. The van der Waals surface area contributed by atoms with Gasteiger partial charge in [0.15, 0.2) is 6.10 Å². The van der Waals surface area contributed by atoms with Gasteiger partial charge in [0.2, 0.25) is 0 Å². The van der Waals surface area contributed by atoms with Gasteiger partial charge in [0.1, 0.15) is 36.1 Å². The van der Waals surface area contributed by atoms with Crippen molar-refractivity contribution in [2.24, 2.45) is 17.3 Å². The molecule has 2 heterocycles. The highest BCUT2D eigenvalue weighted by atomic mass is 16.6. The molecule has 3 aliphatic rings. The number of hydrogen-bond acceptors (Lipinski definition) is 11. The quantitative estimate of drug-likeness (QED) is 0.366. The van der Waals surface area contributed by atoms with Crippen LogP contribution in [0, 0.1) is 17.3 Å². The number of hydrogen-bond donors (Lipinski definition) is 1. The van der Waals surface area contributed by atoms with E-state index in [1.807, 2.05) is 20.8 Å². The van der Waals surface area contributed by atoms with Crippen molar-refractivity contribution in [3.05, 3.63) is 24.2 Å². The Bertz CT molecular complexity index is 1140. The van der Waals surface area contributed by atoms with Gasteiger partial charge >= 0.3 is 23.9 Å². The summed E-state index contributed by atoms with van der Waals surface area (Å²) in [4.78, 5) is 51.2. The fraction of sp³-hybridized carbons (Fsp3) is 0.724. The molecule has 4 rings (SSSR count). The van der Waals surface area contributed by atoms with E-state index in [0.29, 0.717) is 12.8 Å². The lowest BCUT2D eigenvalue weighted by molar-refractivity contribution is -0.337. The van der Waals surface area contributed by atoms with Gasteiger partial charge in [-0.2, -0.15) is 0 Å². The molecule has 0 unspecified atom stereocenters. The van der Waals surface area contributed by atoms with Crippen LogP contribution < -0.4 is 0 Å². The van der Waals surface area contributed by atoms with E-state index in [1.165, 1.54) is 32.4 Å². The summed E-state index contributed by atoms with van der Waals surface area (Å²) in [5.74, 6) is -3.25. The molecule has 3 fully saturated rings. The number of furan rings is 1. The third kappa shape index (κ3) is 4.81. The molecule has 1 aromatic rings. The molecular formula is C29H40O11. The van der Waals surface area contributed by atoms with Crippen molar-refractivity contribution in [1.29, 1.82) is 0 Å². The Morgan fingerprint density at radius 2 is 1.77 bits per heavy atom. The average molecular weight is 565 g/mol. The molecule has 1 aromatic heterocycles. The van der Waals surface area contributed by atoms with Crippen LogP contribution in [-0.4, -0.2) is 70.7 Å². The minimum Gasteiger partial charge on any atom is -0.472 e. The van der Waals surface area contributed by atoms with Crippen molar-refractivity contribution in [1.82, 2.24) is 0 Å². The second-order valence-corrected chi connectivity index (χ2v) is 12.2. The van der Waals surface area contributed by atoms with Gasteiger partial charge in [-0.1, -0.05) is 13.8 Å². The molecule has 0 amide bonds. The molecule has 2 bridgehead atoms. The fourth-order valence-electron chi connectivity index (χ4n) is 6.94. The minimum atomic E-state index is -1.68. The highest BCUT2D eigenvalue weighted by molar-refractivity contribution is 5.89. The number of esters is 4. The maximum absolute atomic E-state index is 13.3. The van der Waals surface area contributed by atoms with Crippen molar-refractivity contribution in [3.63, 3.8) is 0 Å². The number of carbonyl (C=O) groups excluding carboxylic acids is 4. The molecule has 2 saturated carbocycles. The molecule has 11 heteroatoms. The third-order valence-electron chi connectivity index (χ3n) is 9.19. The molecule has 11 nitrogen and oxygen atoms in total. The number of aliphatic hydroxyl groups is 1. The van der Waals surface area contributed by atoms with Crippen molar-refractivity contribution in [3.8, 4) is 0 Å². The Kier molecular flexibility index (Phi) is 7.87. The highest BCUT2D eigenvalue weighted by Gasteiger charge is 2.81. The normalized spacial score (nSPS) is 36.6. The average Bonchev–Trinajstić information content (AvgIpc) is 3.47. The summed E-state index contributed by atoms with van der Waals surface area (Å²) < 4.78 is 35.5. The van der Waals surface area contributed by atoms with Gasteiger partial charge < -0.3 is 33.2 Å². The highest BCUT2D eigenvalue weighted by Crippen LogP contribution is 2.68. The smallest absolute Gasteiger partial charge is 0.341 e. The molecule has 8 atom stereocenters. The maximum Gasteiger partial charge on any atom is 0.341 e.